The fraction of sp³-hybridized carbons (Fsp3) is 0.150. The van der Waals surface area contributed by atoms with Crippen molar-refractivity contribution >= 4 is 21.6 Å². The Bertz CT molecular complexity index is 1000. The van der Waals surface area contributed by atoms with Gasteiger partial charge >= 0.3 is 0 Å². The Hall–Kier alpha value is -3.26. The van der Waals surface area contributed by atoms with Crippen molar-refractivity contribution in [2.24, 2.45) is 0 Å². The van der Waals surface area contributed by atoms with E-state index in [1.54, 1.807) is 36.4 Å². The van der Waals surface area contributed by atoms with Gasteiger partial charge in [-0.3, -0.25) is 9.10 Å². The molecule has 28 heavy (non-hydrogen) atoms. The van der Waals surface area contributed by atoms with Crippen LogP contribution in [0.15, 0.2) is 77.4 Å². The van der Waals surface area contributed by atoms with E-state index in [1.807, 2.05) is 30.3 Å². The van der Waals surface area contributed by atoms with Gasteiger partial charge in [0.25, 0.3) is 0 Å². The molecule has 7 nitrogen and oxygen atoms in total. The molecule has 2 aromatic carbocycles. The molecule has 0 aliphatic rings. The van der Waals surface area contributed by atoms with Crippen molar-refractivity contribution in [1.29, 1.82) is 0 Å². The molecule has 0 fully saturated rings. The highest BCUT2D eigenvalue weighted by Crippen LogP contribution is 2.25. The second-order valence-electron chi connectivity index (χ2n) is 6.03. The lowest BCUT2D eigenvalue weighted by molar-refractivity contribution is -0.119. The van der Waals surface area contributed by atoms with E-state index in [4.69, 9.17) is 9.15 Å². The first-order valence-corrected chi connectivity index (χ1v) is 10.4. The normalized spacial score (nSPS) is 11.0. The van der Waals surface area contributed by atoms with Gasteiger partial charge in [0.1, 0.15) is 23.8 Å². The van der Waals surface area contributed by atoms with Gasteiger partial charge in [0.15, 0.2) is 0 Å². The molecule has 0 aliphatic carbocycles. The van der Waals surface area contributed by atoms with Crippen LogP contribution in [0.5, 0.6) is 11.5 Å². The minimum atomic E-state index is -3.65. The average Bonchev–Trinajstić information content (AvgIpc) is 3.19. The van der Waals surface area contributed by atoms with Crippen molar-refractivity contribution in [1.82, 2.24) is 5.32 Å². The molecule has 3 rings (SSSR count). The lowest BCUT2D eigenvalue weighted by Gasteiger charge is -2.22. The number of hydrogen-bond acceptors (Lipinski definition) is 5. The molecule has 1 heterocycles. The van der Waals surface area contributed by atoms with Gasteiger partial charge in [-0.15, -0.1) is 0 Å². The number of rotatable bonds is 8. The van der Waals surface area contributed by atoms with Gasteiger partial charge < -0.3 is 14.5 Å². The summed E-state index contributed by atoms with van der Waals surface area (Å²) < 4.78 is 36.2. The Kier molecular flexibility index (Phi) is 6.00. The van der Waals surface area contributed by atoms with Gasteiger partial charge in [-0.2, -0.15) is 0 Å². The topological polar surface area (TPSA) is 88.9 Å². The molecule has 0 saturated heterocycles. The molecule has 146 valence electrons. The number of carbonyl (C=O) groups is 1. The SMILES string of the molecule is CS(=O)(=O)N(CC(=O)NCc1ccco1)c1ccc(Oc2ccccc2)cc1. The van der Waals surface area contributed by atoms with Crippen LogP contribution in [0.2, 0.25) is 0 Å². The van der Waals surface area contributed by atoms with Gasteiger partial charge in [-0.25, -0.2) is 8.42 Å². The number of ether oxygens (including phenoxy) is 1. The first-order chi connectivity index (χ1) is 13.4. The zero-order valence-corrected chi connectivity index (χ0v) is 16.1. The molecule has 8 heteroatoms. The predicted octanol–water partition coefficient (Wildman–Crippen LogP) is 3.15. The number of sulfonamides is 1. The third-order valence-corrected chi connectivity index (χ3v) is 4.97. The predicted molar refractivity (Wildman–Crippen MR) is 106 cm³/mol. The first kappa shape index (κ1) is 19.5. The van der Waals surface area contributed by atoms with Crippen LogP contribution in [0.25, 0.3) is 0 Å². The molecular formula is C20H20N2O5S. The van der Waals surface area contributed by atoms with E-state index in [1.165, 1.54) is 6.26 Å². The second kappa shape index (κ2) is 8.62. The van der Waals surface area contributed by atoms with Gasteiger partial charge in [-0.1, -0.05) is 18.2 Å². The zero-order chi connectivity index (χ0) is 20.0. The Labute approximate surface area is 163 Å². The van der Waals surface area contributed by atoms with Crippen LogP contribution in [0.3, 0.4) is 0 Å². The summed E-state index contributed by atoms with van der Waals surface area (Å²) in [5.41, 5.74) is 0.371. The van der Waals surface area contributed by atoms with Gasteiger partial charge in [-0.05, 0) is 48.5 Å². The van der Waals surface area contributed by atoms with Crippen LogP contribution >= 0.6 is 0 Å². The molecule has 3 aromatic rings. The van der Waals surface area contributed by atoms with Crippen molar-refractivity contribution < 1.29 is 22.4 Å². The Morgan fingerprint density at radius 2 is 1.68 bits per heavy atom. The molecule has 0 saturated carbocycles. The highest BCUT2D eigenvalue weighted by Gasteiger charge is 2.21. The van der Waals surface area contributed by atoms with E-state index in [9.17, 15) is 13.2 Å². The number of amides is 1. The van der Waals surface area contributed by atoms with Crippen LogP contribution in [0.4, 0.5) is 5.69 Å². The van der Waals surface area contributed by atoms with Gasteiger partial charge in [0.2, 0.25) is 15.9 Å². The third kappa shape index (κ3) is 5.37. The summed E-state index contributed by atoms with van der Waals surface area (Å²) >= 11 is 0. The first-order valence-electron chi connectivity index (χ1n) is 8.51. The monoisotopic (exact) mass is 400 g/mol. The quantitative estimate of drug-likeness (QED) is 0.627. The summed E-state index contributed by atoms with van der Waals surface area (Å²) in [7, 11) is -3.65. The van der Waals surface area contributed by atoms with Crippen molar-refractivity contribution in [3.63, 3.8) is 0 Å². The minimum absolute atomic E-state index is 0.188. The summed E-state index contributed by atoms with van der Waals surface area (Å²) in [6.07, 6.45) is 2.56. The maximum Gasteiger partial charge on any atom is 0.241 e. The van der Waals surface area contributed by atoms with E-state index in [-0.39, 0.29) is 13.1 Å². The maximum absolute atomic E-state index is 12.2. The Balaban J connectivity index is 1.68. The highest BCUT2D eigenvalue weighted by atomic mass is 32.2. The van der Waals surface area contributed by atoms with Crippen molar-refractivity contribution in [2.45, 2.75) is 6.54 Å². The molecule has 0 aliphatic heterocycles. The summed E-state index contributed by atoms with van der Waals surface area (Å²) in [4.78, 5) is 12.2. The Morgan fingerprint density at radius 3 is 2.29 bits per heavy atom. The van der Waals surface area contributed by atoms with Crippen LogP contribution in [-0.4, -0.2) is 27.1 Å². The molecule has 0 bridgehead atoms. The minimum Gasteiger partial charge on any atom is -0.467 e. The van der Waals surface area contributed by atoms with Gasteiger partial charge in [0.05, 0.1) is 24.8 Å². The summed E-state index contributed by atoms with van der Waals surface area (Å²) in [6.45, 7) is -0.147. The molecule has 0 spiro atoms. The number of hydrogen-bond donors (Lipinski definition) is 1. The molecule has 1 aromatic heterocycles. The van der Waals surface area contributed by atoms with Crippen molar-refractivity contribution in [2.75, 3.05) is 17.1 Å². The number of furan rings is 1. The van der Waals surface area contributed by atoms with Crippen molar-refractivity contribution in [3.05, 3.63) is 78.8 Å². The fourth-order valence-corrected chi connectivity index (χ4v) is 3.35. The lowest BCUT2D eigenvalue weighted by atomic mass is 10.3. The van der Waals surface area contributed by atoms with E-state index < -0.39 is 15.9 Å². The standard InChI is InChI=1S/C20H20N2O5S/c1-28(24,25)22(15-20(23)21-14-19-8-5-13-26-19)16-9-11-18(12-10-16)27-17-6-3-2-4-7-17/h2-13H,14-15H2,1H3,(H,21,23). The average molecular weight is 400 g/mol. The highest BCUT2D eigenvalue weighted by molar-refractivity contribution is 7.92. The third-order valence-electron chi connectivity index (χ3n) is 3.83. The molecular weight excluding hydrogens is 380 g/mol. The van der Waals surface area contributed by atoms with Crippen LogP contribution in [0.1, 0.15) is 5.76 Å². The molecule has 1 N–H and O–H groups in total. The largest absolute Gasteiger partial charge is 0.467 e. The maximum atomic E-state index is 12.2. The number of nitrogens with zero attached hydrogens (tertiary/aromatic N) is 1. The number of nitrogens with one attached hydrogen (secondary N) is 1. The number of anilines is 1. The molecule has 0 unspecified atom stereocenters. The zero-order valence-electron chi connectivity index (χ0n) is 15.2. The van der Waals surface area contributed by atoms with E-state index in [0.29, 0.717) is 22.9 Å². The summed E-state index contributed by atoms with van der Waals surface area (Å²) in [5, 5.41) is 2.64. The van der Waals surface area contributed by atoms with Gasteiger partial charge in [0, 0.05) is 0 Å². The van der Waals surface area contributed by atoms with Crippen LogP contribution in [0, 0.1) is 0 Å². The Morgan fingerprint density at radius 1 is 1.00 bits per heavy atom. The number of benzene rings is 2. The van der Waals surface area contributed by atoms with E-state index in [2.05, 4.69) is 5.32 Å². The lowest BCUT2D eigenvalue weighted by Crippen LogP contribution is -2.40. The van der Waals surface area contributed by atoms with Crippen LogP contribution < -0.4 is 14.4 Å². The van der Waals surface area contributed by atoms with Crippen molar-refractivity contribution in [3.8, 4) is 11.5 Å². The summed E-state index contributed by atoms with van der Waals surface area (Å²) in [5.74, 6) is 1.38. The molecule has 1 amide bonds. The van der Waals surface area contributed by atoms with Crippen LogP contribution in [-0.2, 0) is 21.4 Å². The summed E-state index contributed by atoms with van der Waals surface area (Å²) in [6, 6.07) is 19.2. The molecule has 0 atom stereocenters. The molecule has 0 radical (unpaired) electrons. The van der Waals surface area contributed by atoms with E-state index in [0.717, 1.165) is 10.6 Å². The number of carbonyl (C=O) groups excluding carboxylic acids is 1. The fourth-order valence-electron chi connectivity index (χ4n) is 2.49. The van der Waals surface area contributed by atoms with E-state index >= 15 is 0 Å². The smallest absolute Gasteiger partial charge is 0.241 e. The second-order valence-corrected chi connectivity index (χ2v) is 7.94. The number of para-hydroxylation sites is 1.